The monoisotopic (exact) mass is 329 g/mol. The summed E-state index contributed by atoms with van der Waals surface area (Å²) in [5, 5.41) is 3.06. The summed E-state index contributed by atoms with van der Waals surface area (Å²) >= 11 is 0. The number of piperidine rings is 1. The topological polar surface area (TPSA) is 58.4 Å². The van der Waals surface area contributed by atoms with Crippen molar-refractivity contribution in [2.45, 2.75) is 58.0 Å². The molecule has 3 rings (SSSR count). The number of carbonyl (C=O) groups excluding carboxylic acids is 1. The van der Waals surface area contributed by atoms with E-state index in [2.05, 4.69) is 29.3 Å². The highest BCUT2D eigenvalue weighted by Gasteiger charge is 2.25. The van der Waals surface area contributed by atoms with E-state index in [1.165, 1.54) is 31.5 Å². The third kappa shape index (κ3) is 4.81. The van der Waals surface area contributed by atoms with Crippen LogP contribution < -0.4 is 11.1 Å². The van der Waals surface area contributed by atoms with Gasteiger partial charge in [0.25, 0.3) is 0 Å². The highest BCUT2D eigenvalue weighted by atomic mass is 16.1. The Bertz CT molecular complexity index is 542. The van der Waals surface area contributed by atoms with Crippen LogP contribution in [-0.2, 0) is 11.3 Å². The molecule has 4 nitrogen and oxygen atoms in total. The average Bonchev–Trinajstić information content (AvgIpc) is 2.57. The Morgan fingerprint density at radius 2 is 2.00 bits per heavy atom. The molecule has 1 aromatic rings. The van der Waals surface area contributed by atoms with Crippen LogP contribution >= 0.6 is 0 Å². The number of anilines is 1. The summed E-state index contributed by atoms with van der Waals surface area (Å²) in [5.41, 5.74) is 8.21. The molecule has 0 radical (unpaired) electrons. The summed E-state index contributed by atoms with van der Waals surface area (Å²) in [6.45, 7) is 5.74. The molecule has 0 spiro atoms. The fourth-order valence-electron chi connectivity index (χ4n) is 4.09. The standard InChI is InChI=1S/C20H31N3O/c1-15-4-3-11-23(13-15)14-16-7-9-19(10-8-16)22-20(24)17-5-2-6-18(21)12-17/h7-10,15,17-18H,2-6,11-14,21H2,1H3,(H,22,24). The van der Waals surface area contributed by atoms with E-state index in [9.17, 15) is 4.79 Å². The lowest BCUT2D eigenvalue weighted by Crippen LogP contribution is -2.34. The zero-order chi connectivity index (χ0) is 16.9. The van der Waals surface area contributed by atoms with Crippen molar-refractivity contribution in [1.82, 2.24) is 4.90 Å². The molecule has 0 aromatic heterocycles. The van der Waals surface area contributed by atoms with E-state index in [0.717, 1.165) is 43.8 Å². The number of nitrogens with one attached hydrogen (secondary N) is 1. The predicted octanol–water partition coefficient (Wildman–Crippen LogP) is 3.37. The number of hydrogen-bond acceptors (Lipinski definition) is 3. The lowest BCUT2D eigenvalue weighted by Gasteiger charge is -2.30. The number of nitrogens with two attached hydrogens (primary N) is 1. The van der Waals surface area contributed by atoms with Gasteiger partial charge in [-0.3, -0.25) is 9.69 Å². The lowest BCUT2D eigenvalue weighted by molar-refractivity contribution is -0.120. The molecule has 3 N–H and O–H groups in total. The first-order valence-electron chi connectivity index (χ1n) is 9.48. The summed E-state index contributed by atoms with van der Waals surface area (Å²) in [5.74, 6) is 1.00. The number of likely N-dealkylation sites (tertiary alicyclic amines) is 1. The first kappa shape index (κ1) is 17.4. The number of carbonyl (C=O) groups is 1. The first-order chi connectivity index (χ1) is 11.6. The normalized spacial score (nSPS) is 28.5. The molecular formula is C20H31N3O. The van der Waals surface area contributed by atoms with E-state index >= 15 is 0 Å². The zero-order valence-electron chi connectivity index (χ0n) is 14.8. The van der Waals surface area contributed by atoms with Crippen molar-refractivity contribution in [3.63, 3.8) is 0 Å². The van der Waals surface area contributed by atoms with Crippen molar-refractivity contribution >= 4 is 11.6 Å². The third-order valence-electron chi connectivity index (χ3n) is 5.45. The molecule has 1 aromatic carbocycles. The maximum atomic E-state index is 12.4. The maximum Gasteiger partial charge on any atom is 0.227 e. The Morgan fingerprint density at radius 1 is 1.21 bits per heavy atom. The van der Waals surface area contributed by atoms with E-state index in [1.807, 2.05) is 12.1 Å². The molecule has 1 saturated heterocycles. The molecule has 0 bridgehead atoms. The quantitative estimate of drug-likeness (QED) is 0.890. The number of hydrogen-bond donors (Lipinski definition) is 2. The number of benzene rings is 1. The minimum atomic E-state index is 0.0725. The highest BCUT2D eigenvalue weighted by Crippen LogP contribution is 2.25. The van der Waals surface area contributed by atoms with E-state index in [0.29, 0.717) is 0 Å². The minimum absolute atomic E-state index is 0.0725. The van der Waals surface area contributed by atoms with E-state index in [-0.39, 0.29) is 17.9 Å². The van der Waals surface area contributed by atoms with Crippen molar-refractivity contribution in [3.05, 3.63) is 29.8 Å². The second kappa shape index (κ2) is 8.13. The molecule has 1 heterocycles. The Morgan fingerprint density at radius 3 is 2.71 bits per heavy atom. The van der Waals surface area contributed by atoms with Crippen LogP contribution in [0.5, 0.6) is 0 Å². The molecule has 1 saturated carbocycles. The van der Waals surface area contributed by atoms with Crippen LogP contribution in [0.25, 0.3) is 0 Å². The van der Waals surface area contributed by atoms with Crippen LogP contribution in [0.3, 0.4) is 0 Å². The SMILES string of the molecule is CC1CCCN(Cc2ccc(NC(=O)C3CCCC(N)C3)cc2)C1. The van der Waals surface area contributed by atoms with Gasteiger partial charge in [0, 0.05) is 30.7 Å². The molecule has 24 heavy (non-hydrogen) atoms. The van der Waals surface area contributed by atoms with Crippen LogP contribution in [0.4, 0.5) is 5.69 Å². The summed E-state index contributed by atoms with van der Waals surface area (Å²) in [7, 11) is 0. The van der Waals surface area contributed by atoms with Gasteiger partial charge in [-0.15, -0.1) is 0 Å². The van der Waals surface area contributed by atoms with Gasteiger partial charge in [-0.25, -0.2) is 0 Å². The predicted molar refractivity (Wildman–Crippen MR) is 98.7 cm³/mol. The van der Waals surface area contributed by atoms with E-state index in [4.69, 9.17) is 5.73 Å². The average molecular weight is 329 g/mol. The number of rotatable bonds is 4. The van der Waals surface area contributed by atoms with Crippen LogP contribution in [0.1, 0.15) is 51.0 Å². The lowest BCUT2D eigenvalue weighted by atomic mass is 9.85. The van der Waals surface area contributed by atoms with Gasteiger partial charge in [-0.2, -0.15) is 0 Å². The van der Waals surface area contributed by atoms with Crippen LogP contribution in [-0.4, -0.2) is 29.9 Å². The maximum absolute atomic E-state index is 12.4. The molecule has 3 unspecified atom stereocenters. The third-order valence-corrected chi connectivity index (χ3v) is 5.45. The van der Waals surface area contributed by atoms with E-state index in [1.54, 1.807) is 0 Å². The molecular weight excluding hydrogens is 298 g/mol. The second-order valence-corrected chi connectivity index (χ2v) is 7.79. The molecule has 1 aliphatic heterocycles. The number of nitrogens with zero attached hydrogens (tertiary/aromatic N) is 1. The molecule has 1 aliphatic carbocycles. The fraction of sp³-hybridized carbons (Fsp3) is 0.650. The molecule has 3 atom stereocenters. The van der Waals surface area contributed by atoms with Gasteiger partial charge in [0.2, 0.25) is 5.91 Å². The molecule has 2 aliphatic rings. The van der Waals surface area contributed by atoms with Gasteiger partial charge in [0.15, 0.2) is 0 Å². The van der Waals surface area contributed by atoms with Crippen LogP contribution in [0.15, 0.2) is 24.3 Å². The van der Waals surface area contributed by atoms with Crippen molar-refractivity contribution in [2.75, 3.05) is 18.4 Å². The van der Waals surface area contributed by atoms with Crippen molar-refractivity contribution in [3.8, 4) is 0 Å². The highest BCUT2D eigenvalue weighted by molar-refractivity contribution is 5.92. The Hall–Kier alpha value is -1.39. The molecule has 2 fully saturated rings. The Kier molecular flexibility index (Phi) is 5.90. The zero-order valence-corrected chi connectivity index (χ0v) is 14.8. The first-order valence-corrected chi connectivity index (χ1v) is 9.48. The number of amides is 1. The Balaban J connectivity index is 1.51. The smallest absolute Gasteiger partial charge is 0.227 e. The second-order valence-electron chi connectivity index (χ2n) is 7.79. The van der Waals surface area contributed by atoms with Crippen molar-refractivity contribution in [1.29, 1.82) is 0 Å². The van der Waals surface area contributed by atoms with Gasteiger partial charge < -0.3 is 11.1 Å². The fourth-order valence-corrected chi connectivity index (χ4v) is 4.09. The summed E-state index contributed by atoms with van der Waals surface area (Å²) in [6.07, 6.45) is 6.55. The minimum Gasteiger partial charge on any atom is -0.328 e. The molecule has 4 heteroatoms. The summed E-state index contributed by atoms with van der Waals surface area (Å²) in [6, 6.07) is 8.53. The Labute approximate surface area is 145 Å². The van der Waals surface area contributed by atoms with Gasteiger partial charge in [0.1, 0.15) is 0 Å². The summed E-state index contributed by atoms with van der Waals surface area (Å²) < 4.78 is 0. The van der Waals surface area contributed by atoms with E-state index < -0.39 is 0 Å². The van der Waals surface area contributed by atoms with Crippen LogP contribution in [0.2, 0.25) is 0 Å². The largest absolute Gasteiger partial charge is 0.328 e. The molecule has 132 valence electrons. The van der Waals surface area contributed by atoms with Gasteiger partial charge in [0.05, 0.1) is 0 Å². The van der Waals surface area contributed by atoms with Crippen molar-refractivity contribution < 1.29 is 4.79 Å². The van der Waals surface area contributed by atoms with Crippen LogP contribution in [0, 0.1) is 11.8 Å². The van der Waals surface area contributed by atoms with Gasteiger partial charge >= 0.3 is 0 Å². The van der Waals surface area contributed by atoms with Crippen molar-refractivity contribution in [2.24, 2.45) is 17.6 Å². The van der Waals surface area contributed by atoms with Gasteiger partial charge in [-0.05, 0) is 62.3 Å². The van der Waals surface area contributed by atoms with Gasteiger partial charge in [-0.1, -0.05) is 25.5 Å². The molecule has 1 amide bonds. The summed E-state index contributed by atoms with van der Waals surface area (Å²) in [4.78, 5) is 14.9.